The summed E-state index contributed by atoms with van der Waals surface area (Å²) in [4.78, 5) is 0.407. The van der Waals surface area contributed by atoms with Gasteiger partial charge in [-0.25, -0.2) is 8.42 Å². The molecule has 0 spiro atoms. The number of rotatable bonds is 3. The van der Waals surface area contributed by atoms with Crippen molar-refractivity contribution in [2.24, 2.45) is 0 Å². The van der Waals surface area contributed by atoms with Crippen LogP contribution in [0, 0.1) is 0 Å². The Morgan fingerprint density at radius 3 is 2.40 bits per heavy atom. The van der Waals surface area contributed by atoms with Crippen molar-refractivity contribution in [2.45, 2.75) is 37.3 Å². The van der Waals surface area contributed by atoms with Gasteiger partial charge in [0.2, 0.25) is 0 Å². The van der Waals surface area contributed by atoms with Crippen molar-refractivity contribution >= 4 is 21.4 Å². The zero-order chi connectivity index (χ0) is 11.6. The molecule has 84 valence electrons. The first-order valence-electron chi connectivity index (χ1n) is 4.92. The van der Waals surface area contributed by atoms with E-state index in [4.69, 9.17) is 11.6 Å². The van der Waals surface area contributed by atoms with Crippen molar-refractivity contribution < 1.29 is 8.42 Å². The van der Waals surface area contributed by atoms with Gasteiger partial charge in [0.1, 0.15) is 0 Å². The number of benzene rings is 1. The molecular weight excluding hydrogens is 232 g/mol. The topological polar surface area (TPSA) is 34.1 Å². The molecule has 2 nitrogen and oxygen atoms in total. The van der Waals surface area contributed by atoms with Gasteiger partial charge < -0.3 is 0 Å². The van der Waals surface area contributed by atoms with Gasteiger partial charge in [-0.15, -0.1) is 0 Å². The molecular formula is C11H15ClO2S. The highest BCUT2D eigenvalue weighted by Crippen LogP contribution is 2.24. The van der Waals surface area contributed by atoms with Gasteiger partial charge in [0.15, 0.2) is 9.84 Å². The first-order valence-corrected chi connectivity index (χ1v) is 6.84. The molecule has 15 heavy (non-hydrogen) atoms. The van der Waals surface area contributed by atoms with E-state index < -0.39 is 15.1 Å². The first kappa shape index (κ1) is 12.5. The van der Waals surface area contributed by atoms with Crippen molar-refractivity contribution in [1.29, 1.82) is 0 Å². The van der Waals surface area contributed by atoms with E-state index in [1.807, 2.05) is 6.92 Å². The van der Waals surface area contributed by atoms with Gasteiger partial charge in [-0.1, -0.05) is 18.5 Å². The first-order chi connectivity index (χ1) is 6.89. The molecule has 0 aliphatic rings. The van der Waals surface area contributed by atoms with Crippen molar-refractivity contribution in [2.75, 3.05) is 0 Å². The lowest BCUT2D eigenvalue weighted by Crippen LogP contribution is -2.15. The van der Waals surface area contributed by atoms with Gasteiger partial charge in [-0.3, -0.25) is 0 Å². The number of hydrogen-bond donors (Lipinski definition) is 0. The number of hydrogen-bond acceptors (Lipinski definition) is 2. The van der Waals surface area contributed by atoms with Gasteiger partial charge >= 0.3 is 0 Å². The van der Waals surface area contributed by atoms with E-state index in [-0.39, 0.29) is 0 Å². The molecule has 0 N–H and O–H groups in total. The molecule has 1 aromatic rings. The molecule has 0 aliphatic heterocycles. The number of sulfone groups is 1. The largest absolute Gasteiger partial charge is 0.223 e. The Morgan fingerprint density at radius 1 is 1.33 bits per heavy atom. The molecule has 0 radical (unpaired) electrons. The molecule has 0 saturated carbocycles. The van der Waals surface area contributed by atoms with Gasteiger partial charge in [-0.2, -0.15) is 0 Å². The van der Waals surface area contributed by atoms with E-state index >= 15 is 0 Å². The van der Waals surface area contributed by atoms with Gasteiger partial charge in [-0.05, 0) is 44.0 Å². The zero-order valence-electron chi connectivity index (χ0n) is 9.12. The maximum Gasteiger partial charge on any atom is 0.180 e. The van der Waals surface area contributed by atoms with E-state index in [0.717, 1.165) is 5.56 Å². The second kappa shape index (κ2) is 4.54. The third kappa shape index (κ3) is 2.52. The van der Waals surface area contributed by atoms with Crippen LogP contribution in [0.4, 0.5) is 0 Å². The molecule has 0 unspecified atom stereocenters. The average Bonchev–Trinajstić information content (AvgIpc) is 2.16. The van der Waals surface area contributed by atoms with Gasteiger partial charge in [0, 0.05) is 5.02 Å². The van der Waals surface area contributed by atoms with Crippen LogP contribution in [-0.4, -0.2) is 13.7 Å². The molecule has 0 fully saturated rings. The van der Waals surface area contributed by atoms with Crippen LogP contribution < -0.4 is 0 Å². The molecule has 0 saturated heterocycles. The van der Waals surface area contributed by atoms with E-state index in [9.17, 15) is 8.42 Å². The van der Waals surface area contributed by atoms with Crippen LogP contribution in [0.3, 0.4) is 0 Å². The third-order valence-corrected chi connectivity index (χ3v) is 4.82. The van der Waals surface area contributed by atoms with Crippen LogP contribution in [0.2, 0.25) is 5.02 Å². The summed E-state index contributed by atoms with van der Waals surface area (Å²) in [6.07, 6.45) is 0.668. The second-order valence-corrected chi connectivity index (χ2v) is 6.61. The summed E-state index contributed by atoms with van der Waals surface area (Å²) in [7, 11) is -3.20. The molecule has 0 heterocycles. The molecule has 1 rings (SSSR count). The molecule has 0 atom stereocenters. The van der Waals surface area contributed by atoms with Gasteiger partial charge in [0.05, 0.1) is 10.1 Å². The summed E-state index contributed by atoms with van der Waals surface area (Å²) in [5, 5.41) is 0.179. The fourth-order valence-corrected chi connectivity index (χ4v) is 2.88. The molecule has 0 aromatic heterocycles. The summed E-state index contributed by atoms with van der Waals surface area (Å²) < 4.78 is 24.0. The van der Waals surface area contributed by atoms with Crippen molar-refractivity contribution in [3.8, 4) is 0 Å². The highest BCUT2D eigenvalue weighted by Gasteiger charge is 2.21. The molecule has 0 bridgehead atoms. The minimum Gasteiger partial charge on any atom is -0.223 e. The predicted octanol–water partition coefficient (Wildman–Crippen LogP) is 3.08. The lowest BCUT2D eigenvalue weighted by atomic mass is 10.2. The summed E-state index contributed by atoms with van der Waals surface area (Å²) in [6, 6.07) is 4.93. The Morgan fingerprint density at radius 2 is 1.93 bits per heavy atom. The van der Waals surface area contributed by atoms with E-state index in [1.54, 1.807) is 32.0 Å². The maximum absolute atomic E-state index is 12.0. The van der Waals surface area contributed by atoms with Gasteiger partial charge in [0.25, 0.3) is 0 Å². The van der Waals surface area contributed by atoms with E-state index in [1.165, 1.54) is 0 Å². The SMILES string of the molecule is CCc1cc(Cl)ccc1S(=O)(=O)C(C)C. The quantitative estimate of drug-likeness (QED) is 0.821. The Bertz CT molecular complexity index is 450. The second-order valence-electron chi connectivity index (χ2n) is 3.70. The highest BCUT2D eigenvalue weighted by molar-refractivity contribution is 7.92. The summed E-state index contributed by atoms with van der Waals surface area (Å²) in [6.45, 7) is 5.29. The van der Waals surface area contributed by atoms with Crippen LogP contribution >= 0.6 is 11.6 Å². The number of aryl methyl sites for hydroxylation is 1. The summed E-state index contributed by atoms with van der Waals surface area (Å²) in [5.41, 5.74) is 0.788. The predicted molar refractivity (Wildman–Crippen MR) is 63.2 cm³/mol. The average molecular weight is 247 g/mol. The minimum absolute atomic E-state index is 0.399. The van der Waals surface area contributed by atoms with Crippen molar-refractivity contribution in [3.63, 3.8) is 0 Å². The standard InChI is InChI=1S/C11H15ClO2S/c1-4-9-7-10(12)5-6-11(9)15(13,14)8(2)3/h5-8H,4H2,1-3H3. The maximum atomic E-state index is 12.0. The Labute approximate surface area is 96.2 Å². The monoisotopic (exact) mass is 246 g/mol. The Kier molecular flexibility index (Phi) is 3.79. The molecule has 0 amide bonds. The van der Waals surface area contributed by atoms with Crippen molar-refractivity contribution in [1.82, 2.24) is 0 Å². The molecule has 4 heteroatoms. The normalized spacial score (nSPS) is 12.1. The number of halogens is 1. The lowest BCUT2D eigenvalue weighted by molar-refractivity contribution is 0.586. The minimum atomic E-state index is -3.20. The highest BCUT2D eigenvalue weighted by atomic mass is 35.5. The van der Waals surface area contributed by atoms with E-state index in [2.05, 4.69) is 0 Å². The Hall–Kier alpha value is -0.540. The fraction of sp³-hybridized carbons (Fsp3) is 0.455. The Balaban J connectivity index is 3.38. The molecule has 1 aromatic carbocycles. The zero-order valence-corrected chi connectivity index (χ0v) is 10.7. The third-order valence-electron chi connectivity index (χ3n) is 2.33. The fourth-order valence-electron chi connectivity index (χ4n) is 1.36. The van der Waals surface area contributed by atoms with Crippen LogP contribution in [0.5, 0.6) is 0 Å². The van der Waals surface area contributed by atoms with Crippen molar-refractivity contribution in [3.05, 3.63) is 28.8 Å². The summed E-state index contributed by atoms with van der Waals surface area (Å²) in [5.74, 6) is 0. The van der Waals surface area contributed by atoms with Crippen LogP contribution in [0.1, 0.15) is 26.3 Å². The summed E-state index contributed by atoms with van der Waals surface area (Å²) >= 11 is 5.83. The van der Waals surface area contributed by atoms with Crippen LogP contribution in [-0.2, 0) is 16.3 Å². The van der Waals surface area contributed by atoms with Crippen LogP contribution in [0.15, 0.2) is 23.1 Å². The van der Waals surface area contributed by atoms with Crippen LogP contribution in [0.25, 0.3) is 0 Å². The van der Waals surface area contributed by atoms with E-state index in [0.29, 0.717) is 16.3 Å². The molecule has 0 aliphatic carbocycles. The lowest BCUT2D eigenvalue weighted by Gasteiger charge is -2.12. The smallest absolute Gasteiger partial charge is 0.180 e.